The van der Waals surface area contributed by atoms with Crippen molar-refractivity contribution in [2.24, 2.45) is 0 Å². The third-order valence-electron chi connectivity index (χ3n) is 2.24. The summed E-state index contributed by atoms with van der Waals surface area (Å²) in [5, 5.41) is 14.0. The van der Waals surface area contributed by atoms with Crippen molar-refractivity contribution in [3.05, 3.63) is 35.9 Å². The van der Waals surface area contributed by atoms with E-state index in [1.54, 1.807) is 0 Å². The van der Waals surface area contributed by atoms with E-state index < -0.39 is 0 Å². The molecule has 3 N–H and O–H groups in total. The predicted octanol–water partition coefficient (Wildman–Crippen LogP) is 2.27. The molecule has 0 saturated carbocycles. The van der Waals surface area contributed by atoms with Gasteiger partial charge in [0.05, 0.1) is 5.84 Å². The third-order valence-corrected chi connectivity index (χ3v) is 2.24. The molecule has 1 rings (SSSR count). The Morgan fingerprint density at radius 2 is 2.00 bits per heavy atom. The number of benzene rings is 1. The van der Waals surface area contributed by atoms with Crippen LogP contribution in [0.15, 0.2) is 30.3 Å². The van der Waals surface area contributed by atoms with Gasteiger partial charge in [0.25, 0.3) is 0 Å². The van der Waals surface area contributed by atoms with Crippen molar-refractivity contribution >= 4 is 5.84 Å². The van der Waals surface area contributed by atoms with Crippen LogP contribution in [0.2, 0.25) is 0 Å². The van der Waals surface area contributed by atoms with Crippen LogP contribution in [0.4, 0.5) is 0 Å². The molecular weight excluding hydrogens is 186 g/mol. The van der Waals surface area contributed by atoms with Gasteiger partial charge in [-0.25, -0.2) is 0 Å². The molecule has 15 heavy (non-hydrogen) atoms. The Morgan fingerprint density at radius 1 is 1.33 bits per heavy atom. The lowest BCUT2D eigenvalue weighted by molar-refractivity contribution is 0.553. The van der Waals surface area contributed by atoms with Crippen LogP contribution in [0, 0.1) is 5.41 Å². The van der Waals surface area contributed by atoms with Gasteiger partial charge >= 0.3 is 0 Å². The lowest BCUT2D eigenvalue weighted by Gasteiger charge is -2.19. The molecule has 1 aromatic carbocycles. The Balaban J connectivity index is 2.61. The minimum absolute atomic E-state index is 0.0326. The van der Waals surface area contributed by atoms with Gasteiger partial charge in [0, 0.05) is 6.42 Å². The minimum Gasteiger partial charge on any atom is -0.355 e. The molecule has 3 nitrogen and oxygen atoms in total. The molecule has 0 saturated heterocycles. The fourth-order valence-electron chi connectivity index (χ4n) is 1.46. The Morgan fingerprint density at radius 3 is 2.53 bits per heavy atom. The lowest BCUT2D eigenvalue weighted by Crippen LogP contribution is -2.35. The quantitative estimate of drug-likeness (QED) is 0.392. The summed E-state index contributed by atoms with van der Waals surface area (Å²) in [7, 11) is 1.89. The highest BCUT2D eigenvalue weighted by molar-refractivity contribution is 5.79. The minimum atomic E-state index is 0.0326. The zero-order chi connectivity index (χ0) is 11.1. The highest BCUT2D eigenvalue weighted by atomic mass is 15.1. The van der Waals surface area contributed by atoms with Crippen molar-refractivity contribution in [3.63, 3.8) is 0 Å². The predicted molar refractivity (Wildman–Crippen MR) is 64.0 cm³/mol. The average Bonchev–Trinajstić information content (AvgIpc) is 2.27. The van der Waals surface area contributed by atoms with Crippen LogP contribution >= 0.6 is 0 Å². The number of amidine groups is 1. The Hall–Kier alpha value is -1.35. The maximum Gasteiger partial charge on any atom is 0.104 e. The molecule has 0 heterocycles. The second kappa shape index (κ2) is 6.19. The van der Waals surface area contributed by atoms with Crippen LogP contribution in [-0.4, -0.2) is 12.9 Å². The smallest absolute Gasteiger partial charge is 0.104 e. The van der Waals surface area contributed by atoms with Gasteiger partial charge in [0.1, 0.15) is 6.17 Å². The summed E-state index contributed by atoms with van der Waals surface area (Å²) < 4.78 is 0. The van der Waals surface area contributed by atoms with Crippen LogP contribution in [0.1, 0.15) is 31.5 Å². The third kappa shape index (κ3) is 3.72. The molecule has 0 aromatic heterocycles. The van der Waals surface area contributed by atoms with Gasteiger partial charge in [0.2, 0.25) is 0 Å². The van der Waals surface area contributed by atoms with Crippen molar-refractivity contribution in [2.45, 2.75) is 25.9 Å². The highest BCUT2D eigenvalue weighted by Gasteiger charge is 2.08. The zero-order valence-corrected chi connectivity index (χ0v) is 9.38. The van der Waals surface area contributed by atoms with Gasteiger partial charge in [-0.3, -0.25) is 10.7 Å². The van der Waals surface area contributed by atoms with E-state index in [1.807, 2.05) is 37.4 Å². The van der Waals surface area contributed by atoms with E-state index in [0.29, 0.717) is 5.84 Å². The number of rotatable bonds is 5. The molecule has 0 aliphatic heterocycles. The molecule has 0 bridgehead atoms. The molecule has 3 heteroatoms. The van der Waals surface area contributed by atoms with Crippen molar-refractivity contribution < 1.29 is 0 Å². The summed E-state index contributed by atoms with van der Waals surface area (Å²) in [6.45, 7) is 2.08. The largest absolute Gasteiger partial charge is 0.355 e. The van der Waals surface area contributed by atoms with E-state index in [0.717, 1.165) is 18.4 Å². The molecular formula is C12H19N3. The molecule has 1 unspecified atom stereocenters. The SMILES string of the molecule is CCCC(=N)NC(NC)c1ccccc1. The van der Waals surface area contributed by atoms with E-state index >= 15 is 0 Å². The van der Waals surface area contributed by atoms with E-state index in [9.17, 15) is 0 Å². The van der Waals surface area contributed by atoms with Gasteiger partial charge in [-0.05, 0) is 19.0 Å². The Kier molecular flexibility index (Phi) is 4.84. The second-order valence-corrected chi connectivity index (χ2v) is 3.51. The summed E-state index contributed by atoms with van der Waals surface area (Å²) in [5.74, 6) is 0.584. The molecule has 0 amide bonds. The van der Waals surface area contributed by atoms with Gasteiger partial charge in [-0.15, -0.1) is 0 Å². The molecule has 82 valence electrons. The lowest BCUT2D eigenvalue weighted by atomic mass is 10.1. The topological polar surface area (TPSA) is 47.9 Å². The summed E-state index contributed by atoms with van der Waals surface area (Å²) in [6.07, 6.45) is 1.83. The molecule has 0 radical (unpaired) electrons. The molecule has 0 fully saturated rings. The first-order valence-electron chi connectivity index (χ1n) is 5.34. The van der Waals surface area contributed by atoms with Crippen LogP contribution in [0.3, 0.4) is 0 Å². The van der Waals surface area contributed by atoms with E-state index in [-0.39, 0.29) is 6.17 Å². The second-order valence-electron chi connectivity index (χ2n) is 3.51. The molecule has 0 aliphatic carbocycles. The fourth-order valence-corrected chi connectivity index (χ4v) is 1.46. The molecule has 1 aromatic rings. The van der Waals surface area contributed by atoms with Crippen molar-refractivity contribution in [2.75, 3.05) is 7.05 Å². The maximum absolute atomic E-state index is 7.72. The zero-order valence-electron chi connectivity index (χ0n) is 9.38. The number of hydrogen-bond acceptors (Lipinski definition) is 2. The maximum atomic E-state index is 7.72. The van der Waals surface area contributed by atoms with E-state index in [1.165, 1.54) is 0 Å². The summed E-state index contributed by atoms with van der Waals surface area (Å²) in [5.41, 5.74) is 1.15. The number of hydrogen-bond donors (Lipinski definition) is 3. The van der Waals surface area contributed by atoms with Crippen LogP contribution in [0.25, 0.3) is 0 Å². The van der Waals surface area contributed by atoms with E-state index in [2.05, 4.69) is 17.6 Å². The average molecular weight is 205 g/mol. The fraction of sp³-hybridized carbons (Fsp3) is 0.417. The van der Waals surface area contributed by atoms with E-state index in [4.69, 9.17) is 5.41 Å². The monoisotopic (exact) mass is 205 g/mol. The van der Waals surface area contributed by atoms with Gasteiger partial charge in [-0.2, -0.15) is 0 Å². The van der Waals surface area contributed by atoms with Crippen molar-refractivity contribution in [1.29, 1.82) is 5.41 Å². The number of nitrogens with one attached hydrogen (secondary N) is 3. The van der Waals surface area contributed by atoms with Crippen molar-refractivity contribution in [1.82, 2.24) is 10.6 Å². The molecule has 0 spiro atoms. The Labute approximate surface area is 91.4 Å². The summed E-state index contributed by atoms with van der Waals surface area (Å²) >= 11 is 0. The first-order valence-corrected chi connectivity index (χ1v) is 5.34. The summed E-state index contributed by atoms with van der Waals surface area (Å²) in [4.78, 5) is 0. The van der Waals surface area contributed by atoms with Crippen molar-refractivity contribution in [3.8, 4) is 0 Å². The normalized spacial score (nSPS) is 12.1. The summed E-state index contributed by atoms with van der Waals surface area (Å²) in [6, 6.07) is 10.1. The first-order chi connectivity index (χ1) is 7.27. The Bertz CT molecular complexity index is 295. The van der Waals surface area contributed by atoms with Gasteiger partial charge in [0.15, 0.2) is 0 Å². The molecule has 0 aliphatic rings. The van der Waals surface area contributed by atoms with Crippen LogP contribution in [-0.2, 0) is 0 Å². The van der Waals surface area contributed by atoms with Crippen LogP contribution < -0.4 is 10.6 Å². The first kappa shape index (κ1) is 11.7. The molecule has 1 atom stereocenters. The standard InChI is InChI=1S/C12H19N3/c1-3-7-11(13)15-12(14-2)10-8-5-4-6-9-10/h4-6,8-9,12,14H,3,7H2,1-2H3,(H2,13,15). The van der Waals surface area contributed by atoms with Gasteiger partial charge < -0.3 is 5.32 Å². The van der Waals surface area contributed by atoms with Crippen LogP contribution in [0.5, 0.6) is 0 Å². The highest BCUT2D eigenvalue weighted by Crippen LogP contribution is 2.08. The van der Waals surface area contributed by atoms with Gasteiger partial charge in [-0.1, -0.05) is 37.3 Å².